The Morgan fingerprint density at radius 2 is 1.75 bits per heavy atom. The predicted octanol–water partition coefficient (Wildman–Crippen LogP) is 4.63. The second kappa shape index (κ2) is 7.81. The van der Waals surface area contributed by atoms with E-state index < -0.39 is 11.2 Å². The largest absolute Gasteiger partial charge is 0.497 e. The third kappa shape index (κ3) is 3.24. The molecule has 160 valence electrons. The number of aromatic nitrogens is 3. The van der Waals surface area contributed by atoms with Crippen molar-refractivity contribution in [2.75, 3.05) is 14.2 Å². The molecule has 2 aromatic carbocycles. The number of hydrogen-bond donors (Lipinski definition) is 1. The predicted molar refractivity (Wildman–Crippen MR) is 127 cm³/mol. The second-order valence-corrected chi connectivity index (χ2v) is 8.48. The van der Waals surface area contributed by atoms with E-state index in [-0.39, 0.29) is 0 Å². The van der Waals surface area contributed by atoms with Crippen LogP contribution in [0.5, 0.6) is 11.5 Å². The zero-order valence-corrected chi connectivity index (χ0v) is 18.6. The molecule has 0 fully saturated rings. The van der Waals surface area contributed by atoms with Gasteiger partial charge in [-0.05, 0) is 42.5 Å². The highest BCUT2D eigenvalue weighted by molar-refractivity contribution is 7.22. The van der Waals surface area contributed by atoms with Gasteiger partial charge in [0.05, 0.1) is 31.6 Å². The molecule has 0 aliphatic rings. The number of pyridine rings is 1. The number of methoxy groups -OCH3 is 2. The van der Waals surface area contributed by atoms with Crippen molar-refractivity contribution in [2.24, 2.45) is 0 Å². The third-order valence-electron chi connectivity index (χ3n) is 5.20. The van der Waals surface area contributed by atoms with Gasteiger partial charge in [-0.25, -0.2) is 9.36 Å². The number of ether oxygens (including phenoxy) is 2. The van der Waals surface area contributed by atoms with Gasteiger partial charge < -0.3 is 14.5 Å². The minimum Gasteiger partial charge on any atom is -0.497 e. The van der Waals surface area contributed by atoms with Crippen LogP contribution in [0.15, 0.2) is 64.4 Å². The third-order valence-corrected chi connectivity index (χ3v) is 6.69. The molecule has 0 saturated heterocycles. The summed E-state index contributed by atoms with van der Waals surface area (Å²) in [6.07, 6.45) is 3.17. The summed E-state index contributed by atoms with van der Waals surface area (Å²) in [6.45, 7) is 0. The molecule has 3 heterocycles. The van der Waals surface area contributed by atoms with Crippen LogP contribution in [0.2, 0.25) is 5.02 Å². The Kier molecular flexibility index (Phi) is 4.96. The van der Waals surface area contributed by atoms with Crippen molar-refractivity contribution in [3.05, 3.63) is 80.7 Å². The van der Waals surface area contributed by atoms with Crippen molar-refractivity contribution in [3.63, 3.8) is 0 Å². The van der Waals surface area contributed by atoms with Crippen molar-refractivity contribution in [1.29, 1.82) is 0 Å². The van der Waals surface area contributed by atoms with Gasteiger partial charge in [-0.2, -0.15) is 0 Å². The van der Waals surface area contributed by atoms with Gasteiger partial charge in [0, 0.05) is 32.4 Å². The number of thiophene rings is 1. The molecule has 32 heavy (non-hydrogen) atoms. The van der Waals surface area contributed by atoms with E-state index in [2.05, 4.69) is 9.97 Å². The number of H-pyrrole nitrogens is 1. The van der Waals surface area contributed by atoms with Crippen molar-refractivity contribution in [2.45, 2.75) is 0 Å². The van der Waals surface area contributed by atoms with Crippen molar-refractivity contribution in [3.8, 4) is 27.6 Å². The Bertz CT molecular complexity index is 1620. The number of hydrogen-bond acceptors (Lipinski definition) is 6. The lowest BCUT2D eigenvalue weighted by Gasteiger charge is -2.09. The molecule has 0 bridgehead atoms. The Balaban J connectivity index is 1.77. The molecule has 0 amide bonds. The minimum absolute atomic E-state index is 0.379. The molecule has 5 rings (SSSR count). The zero-order valence-electron chi connectivity index (χ0n) is 17.0. The van der Waals surface area contributed by atoms with Crippen LogP contribution in [0.4, 0.5) is 0 Å². The van der Waals surface area contributed by atoms with Crippen LogP contribution in [0.1, 0.15) is 0 Å². The summed E-state index contributed by atoms with van der Waals surface area (Å²) < 4.78 is 12.1. The van der Waals surface area contributed by atoms with Crippen LogP contribution < -0.4 is 20.7 Å². The van der Waals surface area contributed by atoms with E-state index in [4.69, 9.17) is 21.1 Å². The van der Waals surface area contributed by atoms with Crippen LogP contribution in [-0.2, 0) is 0 Å². The van der Waals surface area contributed by atoms with Crippen LogP contribution in [0, 0.1) is 0 Å². The van der Waals surface area contributed by atoms with Gasteiger partial charge >= 0.3 is 5.69 Å². The fraction of sp³-hybridized carbons (Fsp3) is 0.0870. The molecule has 0 aliphatic carbocycles. The van der Waals surface area contributed by atoms with Gasteiger partial charge in [0.25, 0.3) is 5.56 Å². The first-order valence-electron chi connectivity index (χ1n) is 9.55. The van der Waals surface area contributed by atoms with E-state index in [0.29, 0.717) is 37.8 Å². The first kappa shape index (κ1) is 20.3. The zero-order chi connectivity index (χ0) is 22.4. The molecule has 3 aromatic heterocycles. The average molecular weight is 466 g/mol. The summed E-state index contributed by atoms with van der Waals surface area (Å²) in [5.74, 6) is 1.25. The number of fused-ring (bicyclic) bond motifs is 2. The summed E-state index contributed by atoms with van der Waals surface area (Å²) >= 11 is 7.64. The molecule has 7 nitrogen and oxygen atoms in total. The van der Waals surface area contributed by atoms with Crippen LogP contribution in [0.3, 0.4) is 0 Å². The summed E-state index contributed by atoms with van der Waals surface area (Å²) in [5.41, 5.74) is 0.553. The lowest BCUT2D eigenvalue weighted by Crippen LogP contribution is -2.33. The number of rotatable bonds is 4. The Labute approximate surface area is 190 Å². The van der Waals surface area contributed by atoms with Gasteiger partial charge in [-0.3, -0.25) is 9.78 Å². The summed E-state index contributed by atoms with van der Waals surface area (Å²) in [6, 6.07) is 12.4. The lowest BCUT2D eigenvalue weighted by atomic mass is 10.1. The fourth-order valence-electron chi connectivity index (χ4n) is 3.61. The highest BCUT2D eigenvalue weighted by Gasteiger charge is 2.17. The number of nitrogens with zero attached hydrogens (tertiary/aromatic N) is 2. The monoisotopic (exact) mass is 465 g/mol. The van der Waals surface area contributed by atoms with Crippen LogP contribution in [-0.4, -0.2) is 28.8 Å². The van der Waals surface area contributed by atoms with E-state index in [1.165, 1.54) is 17.5 Å². The number of halogens is 1. The Morgan fingerprint density at radius 3 is 2.53 bits per heavy atom. The molecule has 0 saturated carbocycles. The van der Waals surface area contributed by atoms with Gasteiger partial charge in [0.2, 0.25) is 0 Å². The van der Waals surface area contributed by atoms with E-state index in [0.717, 1.165) is 20.4 Å². The van der Waals surface area contributed by atoms with Crippen LogP contribution in [0.25, 0.3) is 37.1 Å². The topological polar surface area (TPSA) is 86.2 Å². The highest BCUT2D eigenvalue weighted by atomic mass is 35.5. The summed E-state index contributed by atoms with van der Waals surface area (Å²) in [4.78, 5) is 34.2. The first-order valence-corrected chi connectivity index (χ1v) is 10.7. The van der Waals surface area contributed by atoms with Crippen molar-refractivity contribution < 1.29 is 9.47 Å². The maximum absolute atomic E-state index is 13.4. The van der Waals surface area contributed by atoms with Gasteiger partial charge in [0.15, 0.2) is 0 Å². The van der Waals surface area contributed by atoms with E-state index in [1.54, 1.807) is 56.8 Å². The summed E-state index contributed by atoms with van der Waals surface area (Å²) in [5, 5.41) is 1.98. The average Bonchev–Trinajstić information content (AvgIpc) is 3.23. The van der Waals surface area contributed by atoms with E-state index in [1.807, 2.05) is 6.07 Å². The molecule has 0 atom stereocenters. The lowest BCUT2D eigenvalue weighted by molar-refractivity contribution is 0.415. The molecule has 0 aliphatic heterocycles. The van der Waals surface area contributed by atoms with E-state index in [9.17, 15) is 9.59 Å². The normalized spacial score (nSPS) is 11.2. The minimum atomic E-state index is -0.555. The Morgan fingerprint density at radius 1 is 1.00 bits per heavy atom. The number of aromatic amines is 1. The molecule has 0 spiro atoms. The molecule has 9 heteroatoms. The van der Waals surface area contributed by atoms with Crippen LogP contribution >= 0.6 is 22.9 Å². The molecular formula is C23H16ClN3O4S. The summed E-state index contributed by atoms with van der Waals surface area (Å²) in [7, 11) is 3.13. The molecule has 0 unspecified atom stereocenters. The van der Waals surface area contributed by atoms with Gasteiger partial charge in [0.1, 0.15) is 16.2 Å². The first-order chi connectivity index (χ1) is 15.5. The molecular weight excluding hydrogens is 450 g/mol. The smallest absolute Gasteiger partial charge is 0.333 e. The molecule has 1 N–H and O–H groups in total. The van der Waals surface area contributed by atoms with Gasteiger partial charge in [-0.15, -0.1) is 11.3 Å². The Hall–Kier alpha value is -3.62. The van der Waals surface area contributed by atoms with Crippen molar-refractivity contribution in [1.82, 2.24) is 14.5 Å². The molecule has 5 aromatic rings. The number of nitrogens with one attached hydrogen (secondary N) is 1. The SMILES string of the molecule is COc1ccc(Cl)c(-c2cc3[nH]c(=O)n(-c4cncc5ccc(OC)cc45)c(=O)c3s2)c1. The standard InChI is InChI=1S/C23H16ClN3O4S/c1-30-13-4-3-12-10-25-11-19(15(12)7-13)27-22(28)21-18(26-23(27)29)9-20(32-21)16-8-14(31-2)5-6-17(16)24/h3-11H,1-2H3,(H,26,29). The van der Waals surface area contributed by atoms with Gasteiger partial charge in [-0.1, -0.05) is 11.6 Å². The second-order valence-electron chi connectivity index (χ2n) is 7.02. The quantitative estimate of drug-likeness (QED) is 0.418. The fourth-order valence-corrected chi connectivity index (χ4v) is 4.96. The maximum atomic E-state index is 13.4. The molecule has 0 radical (unpaired) electrons. The van der Waals surface area contributed by atoms with Crippen molar-refractivity contribution >= 4 is 43.9 Å². The number of benzene rings is 2. The van der Waals surface area contributed by atoms with E-state index >= 15 is 0 Å². The maximum Gasteiger partial charge on any atom is 0.333 e. The highest BCUT2D eigenvalue weighted by Crippen LogP contribution is 2.37.